The third kappa shape index (κ3) is 2.59. The van der Waals surface area contributed by atoms with Crippen LogP contribution in [-0.2, 0) is 6.54 Å². The molecule has 0 aromatic heterocycles. The van der Waals surface area contributed by atoms with Gasteiger partial charge in [-0.1, -0.05) is 30.3 Å². The Morgan fingerprint density at radius 1 is 1.27 bits per heavy atom. The number of hydrogen-bond acceptors (Lipinski definition) is 2. The standard InChI is InChI=1S/C12H13FN2/c13-11-6-12(14)9-15(8-11)7-10-4-2-1-3-5-10/h1-6,8H,7,9,14H2. The Labute approximate surface area is 88.5 Å². The largest absolute Gasteiger partial charge is 0.400 e. The first-order chi connectivity index (χ1) is 7.24. The highest BCUT2D eigenvalue weighted by Crippen LogP contribution is 2.14. The zero-order valence-corrected chi connectivity index (χ0v) is 8.36. The Bertz CT molecular complexity index is 395. The Morgan fingerprint density at radius 2 is 2.00 bits per heavy atom. The third-order valence-electron chi connectivity index (χ3n) is 2.24. The van der Waals surface area contributed by atoms with Gasteiger partial charge in [-0.2, -0.15) is 0 Å². The Balaban J connectivity index is 2.06. The van der Waals surface area contributed by atoms with Crippen molar-refractivity contribution in [2.24, 2.45) is 5.73 Å². The first-order valence-electron chi connectivity index (χ1n) is 4.85. The number of allylic oxidation sites excluding steroid dienone is 2. The Kier molecular flexibility index (Phi) is 2.72. The van der Waals surface area contributed by atoms with Gasteiger partial charge in [0.25, 0.3) is 0 Å². The van der Waals surface area contributed by atoms with Gasteiger partial charge < -0.3 is 10.6 Å². The van der Waals surface area contributed by atoms with Crippen molar-refractivity contribution in [2.45, 2.75) is 6.54 Å². The smallest absolute Gasteiger partial charge is 0.140 e. The molecule has 0 aliphatic carbocycles. The van der Waals surface area contributed by atoms with E-state index in [1.807, 2.05) is 35.2 Å². The molecule has 2 nitrogen and oxygen atoms in total. The molecular weight excluding hydrogens is 191 g/mol. The number of nitrogens with zero attached hydrogens (tertiary/aromatic N) is 1. The highest BCUT2D eigenvalue weighted by atomic mass is 19.1. The van der Waals surface area contributed by atoms with Crippen molar-refractivity contribution >= 4 is 0 Å². The van der Waals surface area contributed by atoms with Crippen LogP contribution in [0, 0.1) is 0 Å². The molecule has 0 bridgehead atoms. The lowest BCUT2D eigenvalue weighted by atomic mass is 10.2. The van der Waals surface area contributed by atoms with Crippen molar-refractivity contribution in [1.82, 2.24) is 4.90 Å². The molecule has 15 heavy (non-hydrogen) atoms. The molecule has 1 aromatic carbocycles. The molecule has 0 fully saturated rings. The van der Waals surface area contributed by atoms with Gasteiger partial charge in [0.2, 0.25) is 0 Å². The van der Waals surface area contributed by atoms with Crippen LogP contribution in [0.1, 0.15) is 5.56 Å². The molecule has 1 aromatic rings. The molecule has 78 valence electrons. The second kappa shape index (κ2) is 4.17. The van der Waals surface area contributed by atoms with Crippen molar-refractivity contribution in [1.29, 1.82) is 0 Å². The van der Waals surface area contributed by atoms with E-state index in [1.165, 1.54) is 12.3 Å². The van der Waals surface area contributed by atoms with E-state index in [9.17, 15) is 4.39 Å². The molecule has 2 N–H and O–H groups in total. The lowest BCUT2D eigenvalue weighted by molar-refractivity contribution is 0.377. The van der Waals surface area contributed by atoms with E-state index >= 15 is 0 Å². The van der Waals surface area contributed by atoms with Crippen LogP contribution in [0.2, 0.25) is 0 Å². The molecule has 1 aliphatic rings. The molecule has 0 spiro atoms. The summed E-state index contributed by atoms with van der Waals surface area (Å²) < 4.78 is 13.0. The number of benzene rings is 1. The lowest BCUT2D eigenvalue weighted by Gasteiger charge is -2.23. The van der Waals surface area contributed by atoms with Gasteiger partial charge in [0.05, 0.1) is 6.54 Å². The van der Waals surface area contributed by atoms with E-state index in [1.54, 1.807) is 0 Å². The molecule has 0 saturated carbocycles. The van der Waals surface area contributed by atoms with E-state index in [4.69, 9.17) is 5.73 Å². The zero-order chi connectivity index (χ0) is 10.7. The second-order valence-corrected chi connectivity index (χ2v) is 3.62. The van der Waals surface area contributed by atoms with Crippen LogP contribution in [0.4, 0.5) is 4.39 Å². The van der Waals surface area contributed by atoms with Crippen molar-refractivity contribution < 1.29 is 4.39 Å². The maximum atomic E-state index is 13.0. The Hall–Kier alpha value is -1.77. The first-order valence-corrected chi connectivity index (χ1v) is 4.85. The predicted octanol–water partition coefficient (Wildman–Crippen LogP) is 2.16. The predicted molar refractivity (Wildman–Crippen MR) is 58.3 cm³/mol. The van der Waals surface area contributed by atoms with E-state index in [2.05, 4.69) is 0 Å². The number of halogens is 1. The van der Waals surface area contributed by atoms with Crippen molar-refractivity contribution in [3.63, 3.8) is 0 Å². The minimum absolute atomic E-state index is 0.283. The average Bonchev–Trinajstić information content (AvgIpc) is 2.17. The van der Waals surface area contributed by atoms with Gasteiger partial charge in [-0.05, 0) is 11.6 Å². The van der Waals surface area contributed by atoms with Crippen molar-refractivity contribution in [3.05, 3.63) is 59.7 Å². The van der Waals surface area contributed by atoms with Crippen molar-refractivity contribution in [2.75, 3.05) is 6.54 Å². The van der Waals surface area contributed by atoms with Gasteiger partial charge in [0, 0.05) is 18.4 Å². The van der Waals surface area contributed by atoms with Crippen LogP contribution in [0.5, 0.6) is 0 Å². The van der Waals surface area contributed by atoms with Gasteiger partial charge in [-0.15, -0.1) is 0 Å². The minimum Gasteiger partial charge on any atom is -0.400 e. The third-order valence-corrected chi connectivity index (χ3v) is 2.24. The van der Waals surface area contributed by atoms with Crippen LogP contribution >= 0.6 is 0 Å². The van der Waals surface area contributed by atoms with E-state index in [0.717, 1.165) is 5.56 Å². The molecule has 0 radical (unpaired) electrons. The zero-order valence-electron chi connectivity index (χ0n) is 8.36. The molecule has 0 unspecified atom stereocenters. The van der Waals surface area contributed by atoms with Gasteiger partial charge in [-0.3, -0.25) is 0 Å². The monoisotopic (exact) mass is 204 g/mol. The van der Waals surface area contributed by atoms with E-state index < -0.39 is 0 Å². The fraction of sp³-hybridized carbons (Fsp3) is 0.167. The first kappa shape index (κ1) is 9.77. The fourth-order valence-electron chi connectivity index (χ4n) is 1.63. The summed E-state index contributed by atoms with van der Waals surface area (Å²) in [6, 6.07) is 9.93. The molecule has 0 atom stereocenters. The SMILES string of the molecule is NC1=CC(F)=CN(Cc2ccccc2)C1. The van der Waals surface area contributed by atoms with Gasteiger partial charge in [0.15, 0.2) is 0 Å². The molecule has 1 aliphatic heterocycles. The summed E-state index contributed by atoms with van der Waals surface area (Å²) in [4.78, 5) is 1.86. The second-order valence-electron chi connectivity index (χ2n) is 3.62. The van der Waals surface area contributed by atoms with E-state index in [-0.39, 0.29) is 5.83 Å². The summed E-state index contributed by atoms with van der Waals surface area (Å²) in [7, 11) is 0. The highest BCUT2D eigenvalue weighted by molar-refractivity contribution is 5.23. The van der Waals surface area contributed by atoms with Crippen LogP contribution in [0.15, 0.2) is 54.1 Å². The minimum atomic E-state index is -0.283. The maximum absolute atomic E-state index is 13.0. The fourth-order valence-corrected chi connectivity index (χ4v) is 1.63. The summed E-state index contributed by atoms with van der Waals surface area (Å²) >= 11 is 0. The maximum Gasteiger partial charge on any atom is 0.140 e. The van der Waals surface area contributed by atoms with Crippen LogP contribution < -0.4 is 5.73 Å². The quantitative estimate of drug-likeness (QED) is 0.799. The molecular formula is C12H13FN2. The van der Waals surface area contributed by atoms with Crippen molar-refractivity contribution in [3.8, 4) is 0 Å². The normalized spacial score (nSPS) is 15.9. The van der Waals surface area contributed by atoms with Gasteiger partial charge in [0.1, 0.15) is 5.83 Å². The number of rotatable bonds is 2. The summed E-state index contributed by atoms with van der Waals surface area (Å²) in [6.07, 6.45) is 2.85. The molecule has 0 amide bonds. The topological polar surface area (TPSA) is 29.3 Å². The average molecular weight is 204 g/mol. The Morgan fingerprint density at radius 3 is 2.67 bits per heavy atom. The summed E-state index contributed by atoms with van der Waals surface area (Å²) in [5, 5.41) is 0. The van der Waals surface area contributed by atoms with Crippen LogP contribution in [0.3, 0.4) is 0 Å². The molecule has 3 heteroatoms. The molecule has 0 saturated heterocycles. The highest BCUT2D eigenvalue weighted by Gasteiger charge is 2.09. The van der Waals surface area contributed by atoms with Crippen LogP contribution in [0.25, 0.3) is 0 Å². The van der Waals surface area contributed by atoms with Gasteiger partial charge in [-0.25, -0.2) is 4.39 Å². The summed E-state index contributed by atoms with van der Waals surface area (Å²) in [5.41, 5.74) is 7.32. The number of nitrogens with two attached hydrogens (primary N) is 1. The van der Waals surface area contributed by atoms with Crippen LogP contribution in [-0.4, -0.2) is 11.4 Å². The summed E-state index contributed by atoms with van der Waals surface area (Å²) in [6.45, 7) is 1.27. The van der Waals surface area contributed by atoms with E-state index in [0.29, 0.717) is 18.8 Å². The molecule has 1 heterocycles. The summed E-state index contributed by atoms with van der Waals surface area (Å²) in [5.74, 6) is -0.283. The number of hydrogen-bond donors (Lipinski definition) is 1. The lowest BCUT2D eigenvalue weighted by Crippen LogP contribution is -2.25. The van der Waals surface area contributed by atoms with Gasteiger partial charge >= 0.3 is 0 Å². The molecule has 2 rings (SSSR count).